The van der Waals surface area contributed by atoms with Gasteiger partial charge in [0.05, 0.1) is 6.10 Å². The van der Waals surface area contributed by atoms with Gasteiger partial charge in [0, 0.05) is 0 Å². The molecule has 0 N–H and O–H groups in total. The maximum Gasteiger partial charge on any atom is 0.197 e. The summed E-state index contributed by atoms with van der Waals surface area (Å²) in [7, 11) is 0.266. The molecule has 0 amide bonds. The van der Waals surface area contributed by atoms with Crippen LogP contribution in [0.4, 0.5) is 4.39 Å². The number of ether oxygens (including phenoxy) is 2. The summed E-state index contributed by atoms with van der Waals surface area (Å²) in [6.45, 7) is 7.81. The highest BCUT2D eigenvalue weighted by molar-refractivity contribution is 7.37. The van der Waals surface area contributed by atoms with Crippen LogP contribution < -0.4 is 4.74 Å². The van der Waals surface area contributed by atoms with Crippen LogP contribution in [0.15, 0.2) is 24.3 Å². The van der Waals surface area contributed by atoms with Crippen molar-refractivity contribution in [1.29, 1.82) is 0 Å². The molecule has 0 heterocycles. The number of alkyl halides is 1. The third-order valence-electron chi connectivity index (χ3n) is 2.73. The van der Waals surface area contributed by atoms with E-state index in [1.165, 1.54) is 0 Å². The molecule has 0 spiro atoms. The second kappa shape index (κ2) is 7.70. The van der Waals surface area contributed by atoms with Crippen molar-refractivity contribution in [2.45, 2.75) is 45.5 Å². The zero-order valence-electron chi connectivity index (χ0n) is 11.4. The van der Waals surface area contributed by atoms with E-state index in [2.05, 4.69) is 6.92 Å². The molecule has 1 rings (SSSR count). The lowest BCUT2D eigenvalue weighted by molar-refractivity contribution is -0.102. The molecule has 0 aliphatic heterocycles. The smallest absolute Gasteiger partial charge is 0.197 e. The molecule has 102 valence electrons. The van der Waals surface area contributed by atoms with Gasteiger partial charge in [-0.25, -0.2) is 4.39 Å². The largest absolute Gasteiger partial charge is 0.465 e. The van der Waals surface area contributed by atoms with E-state index in [1.54, 1.807) is 24.3 Å². The van der Waals surface area contributed by atoms with Crippen molar-refractivity contribution in [3.8, 4) is 5.75 Å². The monoisotopic (exact) mass is 272 g/mol. The molecule has 4 atom stereocenters. The fourth-order valence-electron chi connectivity index (χ4n) is 1.52. The summed E-state index contributed by atoms with van der Waals surface area (Å²) >= 11 is 0. The average molecular weight is 272 g/mol. The van der Waals surface area contributed by atoms with Crippen LogP contribution in [0.1, 0.15) is 38.7 Å². The van der Waals surface area contributed by atoms with E-state index in [-0.39, 0.29) is 21.0 Å². The molecule has 0 fully saturated rings. The summed E-state index contributed by atoms with van der Waals surface area (Å²) in [4.78, 5) is 0. The number of benzene rings is 1. The van der Waals surface area contributed by atoms with E-state index in [0.29, 0.717) is 11.3 Å². The van der Waals surface area contributed by atoms with Gasteiger partial charge in [0.15, 0.2) is 6.29 Å². The molecule has 18 heavy (non-hydrogen) atoms. The molecule has 4 heteroatoms. The fourth-order valence-corrected chi connectivity index (χ4v) is 2.05. The van der Waals surface area contributed by atoms with Crippen LogP contribution in [0.5, 0.6) is 5.75 Å². The molecule has 0 aromatic heterocycles. The van der Waals surface area contributed by atoms with Gasteiger partial charge in [-0.05, 0) is 44.6 Å². The van der Waals surface area contributed by atoms with Crippen molar-refractivity contribution >= 4 is 8.58 Å². The Morgan fingerprint density at radius 2 is 1.83 bits per heavy atom. The highest BCUT2D eigenvalue weighted by Gasteiger charge is 2.10. The highest BCUT2D eigenvalue weighted by atomic mass is 31.1. The first kappa shape index (κ1) is 15.4. The van der Waals surface area contributed by atoms with Gasteiger partial charge in [-0.2, -0.15) is 0 Å². The topological polar surface area (TPSA) is 18.5 Å². The van der Waals surface area contributed by atoms with Gasteiger partial charge in [0.25, 0.3) is 0 Å². The minimum Gasteiger partial charge on any atom is -0.465 e. The van der Waals surface area contributed by atoms with Gasteiger partial charge in [-0.1, -0.05) is 27.6 Å². The summed E-state index contributed by atoms with van der Waals surface area (Å²) in [5, 5.41) is 0. The normalized spacial score (nSPS) is 16.7. The Hall–Kier alpha value is -0.660. The molecule has 0 bridgehead atoms. The van der Waals surface area contributed by atoms with Crippen LogP contribution >= 0.6 is 8.58 Å². The van der Waals surface area contributed by atoms with Crippen LogP contribution in [0, 0.1) is 0 Å². The van der Waals surface area contributed by atoms with Crippen LogP contribution in [0.3, 0.4) is 0 Å². The van der Waals surface area contributed by atoms with E-state index in [0.717, 1.165) is 6.42 Å². The van der Waals surface area contributed by atoms with Gasteiger partial charge in [-0.3, -0.25) is 0 Å². The van der Waals surface area contributed by atoms with E-state index < -0.39 is 5.91 Å². The fraction of sp³-hybridized carbons (Fsp3) is 0.571. The Bertz CT molecular complexity index is 342. The van der Waals surface area contributed by atoms with E-state index in [4.69, 9.17) is 9.47 Å². The second-order valence-corrected chi connectivity index (χ2v) is 5.34. The summed E-state index contributed by atoms with van der Waals surface area (Å²) in [5.74, 6) is -0.158. The lowest BCUT2D eigenvalue weighted by Crippen LogP contribution is -2.21. The number of halogens is 1. The second-order valence-electron chi connectivity index (χ2n) is 4.26. The molecule has 1 aromatic carbocycles. The molecule has 0 radical (unpaired) electrons. The molecule has 0 saturated heterocycles. The Morgan fingerprint density at radius 3 is 2.33 bits per heavy atom. The van der Waals surface area contributed by atoms with Gasteiger partial charge in [0.1, 0.15) is 11.7 Å². The van der Waals surface area contributed by atoms with Gasteiger partial charge in [0.2, 0.25) is 0 Å². The van der Waals surface area contributed by atoms with Crippen LogP contribution in [-0.4, -0.2) is 19.1 Å². The molecule has 0 aliphatic rings. The SMILES string of the molecule is CCC(C)OC(C)Oc1ccc(C(F)PC)cc1. The standard InChI is InChI=1S/C14H22FO2P/c1-5-10(2)16-11(3)17-13-8-6-12(7-9-13)14(15)18-4/h6-11,14,18H,5H2,1-4H3. The maximum absolute atomic E-state index is 13.4. The molecular formula is C14H22FO2P. The summed E-state index contributed by atoms with van der Waals surface area (Å²) in [5.41, 5.74) is 0.707. The van der Waals surface area contributed by atoms with Crippen molar-refractivity contribution in [1.82, 2.24) is 0 Å². The average Bonchev–Trinajstić information content (AvgIpc) is 2.38. The number of hydrogen-bond donors (Lipinski definition) is 0. The minimum absolute atomic E-state index is 0.177. The molecule has 0 saturated carbocycles. The molecule has 4 unspecified atom stereocenters. The Labute approximate surface area is 111 Å². The predicted octanol–water partition coefficient (Wildman–Crippen LogP) is 4.50. The van der Waals surface area contributed by atoms with Gasteiger partial charge in [-0.15, -0.1) is 0 Å². The van der Waals surface area contributed by atoms with Crippen molar-refractivity contribution in [2.75, 3.05) is 6.66 Å². The first-order chi connectivity index (χ1) is 8.56. The number of hydrogen-bond acceptors (Lipinski definition) is 2. The van der Waals surface area contributed by atoms with Crippen LogP contribution in [0.2, 0.25) is 0 Å². The van der Waals surface area contributed by atoms with Crippen molar-refractivity contribution in [2.24, 2.45) is 0 Å². The first-order valence-electron chi connectivity index (χ1n) is 6.30. The molecule has 1 aromatic rings. The van der Waals surface area contributed by atoms with Crippen molar-refractivity contribution in [3.05, 3.63) is 29.8 Å². The van der Waals surface area contributed by atoms with Crippen LogP contribution in [-0.2, 0) is 4.74 Å². The molecular weight excluding hydrogens is 250 g/mol. The lowest BCUT2D eigenvalue weighted by atomic mass is 10.2. The van der Waals surface area contributed by atoms with E-state index in [9.17, 15) is 4.39 Å². The minimum atomic E-state index is -0.868. The lowest BCUT2D eigenvalue weighted by Gasteiger charge is -2.19. The van der Waals surface area contributed by atoms with E-state index >= 15 is 0 Å². The number of rotatable bonds is 7. The van der Waals surface area contributed by atoms with Crippen molar-refractivity contribution in [3.63, 3.8) is 0 Å². The highest BCUT2D eigenvalue weighted by Crippen LogP contribution is 2.33. The zero-order valence-corrected chi connectivity index (χ0v) is 12.4. The third kappa shape index (κ3) is 4.91. The van der Waals surface area contributed by atoms with Gasteiger partial charge >= 0.3 is 0 Å². The first-order valence-corrected chi connectivity index (χ1v) is 7.88. The quantitative estimate of drug-likeness (QED) is 0.537. The van der Waals surface area contributed by atoms with Gasteiger partial charge < -0.3 is 9.47 Å². The Kier molecular flexibility index (Phi) is 6.59. The van der Waals surface area contributed by atoms with E-state index in [1.807, 2.05) is 20.5 Å². The maximum atomic E-state index is 13.4. The molecule has 2 nitrogen and oxygen atoms in total. The molecule has 0 aliphatic carbocycles. The summed E-state index contributed by atoms with van der Waals surface area (Å²) < 4.78 is 24.6. The Balaban J connectivity index is 2.53. The Morgan fingerprint density at radius 1 is 1.22 bits per heavy atom. The predicted molar refractivity (Wildman–Crippen MR) is 75.5 cm³/mol. The zero-order chi connectivity index (χ0) is 13.5. The third-order valence-corrected chi connectivity index (χ3v) is 3.57. The van der Waals surface area contributed by atoms with Crippen LogP contribution in [0.25, 0.3) is 0 Å². The summed E-state index contributed by atoms with van der Waals surface area (Å²) in [6, 6.07) is 7.12. The van der Waals surface area contributed by atoms with Crippen molar-refractivity contribution < 1.29 is 13.9 Å². The summed E-state index contributed by atoms with van der Waals surface area (Å²) in [6.07, 6.45) is 0.837.